The normalized spacial score (nSPS) is 16.8. The molecule has 37 heavy (non-hydrogen) atoms. The number of rotatable bonds is 6. The summed E-state index contributed by atoms with van der Waals surface area (Å²) in [5, 5.41) is 13.2. The Labute approximate surface area is 214 Å². The Morgan fingerprint density at radius 1 is 0.865 bits per heavy atom. The van der Waals surface area contributed by atoms with Crippen LogP contribution in [0.1, 0.15) is 29.7 Å². The molecule has 4 aromatic carbocycles. The van der Waals surface area contributed by atoms with Gasteiger partial charge in [0.2, 0.25) is 0 Å². The number of carbonyl (C=O) groups is 3. The van der Waals surface area contributed by atoms with Gasteiger partial charge in [0.25, 0.3) is 11.7 Å². The van der Waals surface area contributed by atoms with Gasteiger partial charge in [-0.1, -0.05) is 84.9 Å². The van der Waals surface area contributed by atoms with Crippen molar-refractivity contribution in [1.29, 1.82) is 0 Å². The lowest BCUT2D eigenvalue weighted by Gasteiger charge is -2.25. The number of Topliss-reactive ketones (excluding diaryl/α,β-unsaturated/α-hetero) is 1. The summed E-state index contributed by atoms with van der Waals surface area (Å²) in [5.41, 5.74) is 2.43. The van der Waals surface area contributed by atoms with E-state index < -0.39 is 17.7 Å². The predicted octanol–water partition coefficient (Wildman–Crippen LogP) is 5.57. The molecule has 0 saturated carbocycles. The Morgan fingerprint density at radius 2 is 1.54 bits per heavy atom. The molecule has 0 aromatic heterocycles. The summed E-state index contributed by atoms with van der Waals surface area (Å²) in [5.74, 6) is -2.04. The molecule has 1 heterocycles. The first kappa shape index (κ1) is 24.0. The zero-order valence-electron chi connectivity index (χ0n) is 20.3. The highest BCUT2D eigenvalue weighted by Crippen LogP contribution is 2.42. The van der Waals surface area contributed by atoms with Crippen LogP contribution >= 0.6 is 0 Å². The summed E-state index contributed by atoms with van der Waals surface area (Å²) in [7, 11) is 0. The van der Waals surface area contributed by atoms with Gasteiger partial charge in [-0.15, -0.1) is 0 Å². The molecule has 1 atom stereocenters. The molecular weight excluding hydrogens is 466 g/mol. The fourth-order valence-electron chi connectivity index (χ4n) is 4.78. The first-order valence-corrected chi connectivity index (χ1v) is 12.1. The number of fused-ring (bicyclic) bond motifs is 1. The molecule has 1 N–H and O–H groups in total. The predicted molar refractivity (Wildman–Crippen MR) is 142 cm³/mol. The number of amides is 1. The SMILES string of the molecule is CCOC(=O)Cc1ccc(N2C(=O)C(=O)/C(=C(\O)c3cccc4ccccc34)C2c2ccccc2)cc1. The number of esters is 1. The number of hydrogen-bond donors (Lipinski definition) is 1. The van der Waals surface area contributed by atoms with E-state index in [0.717, 1.165) is 16.3 Å². The summed E-state index contributed by atoms with van der Waals surface area (Å²) >= 11 is 0. The van der Waals surface area contributed by atoms with Crippen molar-refractivity contribution < 1.29 is 24.2 Å². The van der Waals surface area contributed by atoms with Gasteiger partial charge in [-0.3, -0.25) is 19.3 Å². The summed E-state index contributed by atoms with van der Waals surface area (Å²) in [6, 6.07) is 28.3. The smallest absolute Gasteiger partial charge is 0.310 e. The van der Waals surface area contributed by atoms with E-state index in [1.165, 1.54) is 4.90 Å². The van der Waals surface area contributed by atoms with Crippen LogP contribution in [0.25, 0.3) is 16.5 Å². The third-order valence-corrected chi connectivity index (χ3v) is 6.47. The lowest BCUT2D eigenvalue weighted by atomic mass is 9.93. The number of aliphatic hydroxyl groups is 1. The van der Waals surface area contributed by atoms with E-state index in [1.807, 2.05) is 66.7 Å². The van der Waals surface area contributed by atoms with Gasteiger partial charge in [0, 0.05) is 11.3 Å². The number of benzene rings is 4. The number of hydrogen-bond acceptors (Lipinski definition) is 5. The van der Waals surface area contributed by atoms with E-state index in [9.17, 15) is 19.5 Å². The summed E-state index contributed by atoms with van der Waals surface area (Å²) < 4.78 is 5.01. The maximum absolute atomic E-state index is 13.4. The van der Waals surface area contributed by atoms with E-state index in [4.69, 9.17) is 4.74 Å². The number of aliphatic hydroxyl groups excluding tert-OH is 1. The van der Waals surface area contributed by atoms with Crippen molar-refractivity contribution in [2.45, 2.75) is 19.4 Å². The first-order chi connectivity index (χ1) is 18.0. The van der Waals surface area contributed by atoms with Crippen LogP contribution in [0.3, 0.4) is 0 Å². The Kier molecular flexibility index (Phi) is 6.56. The van der Waals surface area contributed by atoms with Crippen LogP contribution in [0.4, 0.5) is 5.69 Å². The molecule has 6 heteroatoms. The third-order valence-electron chi connectivity index (χ3n) is 6.47. The van der Waals surface area contributed by atoms with Crippen LogP contribution in [-0.2, 0) is 25.5 Å². The minimum atomic E-state index is -0.823. The van der Waals surface area contributed by atoms with Crippen molar-refractivity contribution in [3.05, 3.63) is 119 Å². The summed E-state index contributed by atoms with van der Waals surface area (Å²) in [4.78, 5) is 40.1. The van der Waals surface area contributed by atoms with Crippen LogP contribution < -0.4 is 4.90 Å². The molecule has 1 saturated heterocycles. The third kappa shape index (κ3) is 4.49. The molecule has 1 unspecified atom stereocenters. The van der Waals surface area contributed by atoms with Crippen molar-refractivity contribution in [1.82, 2.24) is 0 Å². The van der Waals surface area contributed by atoms with E-state index in [-0.39, 0.29) is 23.7 Å². The highest BCUT2D eigenvalue weighted by molar-refractivity contribution is 6.51. The summed E-state index contributed by atoms with van der Waals surface area (Å²) in [6.07, 6.45) is 0.107. The van der Waals surface area contributed by atoms with E-state index >= 15 is 0 Å². The summed E-state index contributed by atoms with van der Waals surface area (Å²) in [6.45, 7) is 2.05. The fourth-order valence-corrected chi connectivity index (χ4v) is 4.78. The monoisotopic (exact) mass is 491 g/mol. The van der Waals surface area contributed by atoms with Gasteiger partial charge in [-0.05, 0) is 41.0 Å². The zero-order valence-corrected chi connectivity index (χ0v) is 20.3. The standard InChI is InChI=1S/C31H25NO5/c1-2-37-26(33)19-20-15-17-23(18-16-20)32-28(22-10-4-3-5-11-22)27(30(35)31(32)36)29(34)25-14-8-12-21-9-6-7-13-24(21)25/h3-18,28,34H,2,19H2,1H3/b29-27-. The van der Waals surface area contributed by atoms with Crippen molar-refractivity contribution in [3.63, 3.8) is 0 Å². The van der Waals surface area contributed by atoms with Gasteiger partial charge in [0.15, 0.2) is 0 Å². The second kappa shape index (κ2) is 10.1. The number of ether oxygens (including phenoxy) is 1. The maximum atomic E-state index is 13.4. The second-order valence-electron chi connectivity index (χ2n) is 8.75. The van der Waals surface area contributed by atoms with E-state index in [1.54, 1.807) is 37.3 Å². The van der Waals surface area contributed by atoms with Gasteiger partial charge < -0.3 is 9.84 Å². The van der Waals surface area contributed by atoms with E-state index in [2.05, 4.69) is 0 Å². The molecule has 1 aliphatic rings. The lowest BCUT2D eigenvalue weighted by molar-refractivity contribution is -0.142. The van der Waals surface area contributed by atoms with Crippen molar-refractivity contribution >= 4 is 39.9 Å². The molecule has 0 spiro atoms. The highest BCUT2D eigenvalue weighted by atomic mass is 16.5. The Balaban J connectivity index is 1.63. The van der Waals surface area contributed by atoms with Crippen molar-refractivity contribution in [3.8, 4) is 0 Å². The quantitative estimate of drug-likeness (QED) is 0.165. The zero-order chi connectivity index (χ0) is 25.9. The van der Waals surface area contributed by atoms with Crippen LogP contribution in [0.15, 0.2) is 103 Å². The fraction of sp³-hybridized carbons (Fsp3) is 0.129. The van der Waals surface area contributed by atoms with Gasteiger partial charge >= 0.3 is 5.97 Å². The van der Waals surface area contributed by atoms with E-state index in [0.29, 0.717) is 23.4 Å². The molecule has 5 rings (SSSR count). The number of nitrogens with zero attached hydrogens (tertiary/aromatic N) is 1. The average Bonchev–Trinajstić information content (AvgIpc) is 3.19. The molecule has 1 amide bonds. The van der Waals surface area contributed by atoms with Crippen LogP contribution in [0, 0.1) is 0 Å². The molecule has 0 bridgehead atoms. The Hall–Kier alpha value is -4.71. The Bertz CT molecular complexity index is 1520. The molecule has 0 radical (unpaired) electrons. The first-order valence-electron chi connectivity index (χ1n) is 12.1. The highest BCUT2D eigenvalue weighted by Gasteiger charge is 2.47. The lowest BCUT2D eigenvalue weighted by Crippen LogP contribution is -2.29. The molecule has 1 aliphatic heterocycles. The number of ketones is 1. The largest absolute Gasteiger partial charge is 0.507 e. The molecule has 4 aromatic rings. The topological polar surface area (TPSA) is 83.9 Å². The average molecular weight is 492 g/mol. The van der Waals surface area contributed by atoms with Gasteiger partial charge in [-0.25, -0.2) is 0 Å². The minimum absolute atomic E-state index is 0.0307. The van der Waals surface area contributed by atoms with Crippen LogP contribution in [0.5, 0.6) is 0 Å². The molecular formula is C31H25NO5. The maximum Gasteiger partial charge on any atom is 0.310 e. The molecule has 6 nitrogen and oxygen atoms in total. The van der Waals surface area contributed by atoms with Crippen LogP contribution in [0.2, 0.25) is 0 Å². The van der Waals surface area contributed by atoms with Crippen molar-refractivity contribution in [2.75, 3.05) is 11.5 Å². The Morgan fingerprint density at radius 3 is 2.27 bits per heavy atom. The molecule has 1 fully saturated rings. The molecule has 0 aliphatic carbocycles. The number of anilines is 1. The minimum Gasteiger partial charge on any atom is -0.507 e. The van der Waals surface area contributed by atoms with Crippen LogP contribution in [-0.4, -0.2) is 29.4 Å². The number of carbonyl (C=O) groups excluding carboxylic acids is 3. The van der Waals surface area contributed by atoms with Gasteiger partial charge in [0.05, 0.1) is 24.6 Å². The van der Waals surface area contributed by atoms with Crippen molar-refractivity contribution in [2.24, 2.45) is 0 Å². The second-order valence-corrected chi connectivity index (χ2v) is 8.75. The molecule has 184 valence electrons. The van der Waals surface area contributed by atoms with Gasteiger partial charge in [0.1, 0.15) is 5.76 Å². The van der Waals surface area contributed by atoms with Gasteiger partial charge in [-0.2, -0.15) is 0 Å².